The number of phenols is 1. The molecule has 2 aromatic rings. The van der Waals surface area contributed by atoms with Gasteiger partial charge in [-0.15, -0.1) is 23.2 Å². The van der Waals surface area contributed by atoms with E-state index in [-0.39, 0.29) is 28.6 Å². The van der Waals surface area contributed by atoms with Gasteiger partial charge in [-0.2, -0.15) is 0 Å². The van der Waals surface area contributed by atoms with E-state index in [1.165, 1.54) is 37.5 Å². The maximum Gasteiger partial charge on any atom is 0.258 e. The minimum absolute atomic E-state index is 0.0267. The van der Waals surface area contributed by atoms with Crippen molar-refractivity contribution < 1.29 is 23.8 Å². The number of alkyl halides is 2. The molecule has 0 spiro atoms. The van der Waals surface area contributed by atoms with Crippen LogP contribution in [0.4, 0.5) is 10.1 Å². The van der Waals surface area contributed by atoms with Crippen LogP contribution >= 0.6 is 34.8 Å². The summed E-state index contributed by atoms with van der Waals surface area (Å²) in [5.41, 5.74) is 1.11. The number of ether oxygens (including phenoxy) is 1. The van der Waals surface area contributed by atoms with E-state index in [1.807, 2.05) is 0 Å². The molecular weight excluding hydrogens is 480 g/mol. The van der Waals surface area contributed by atoms with E-state index in [9.17, 15) is 19.1 Å². The molecule has 1 N–H and O–H groups in total. The second-order valence-electron chi connectivity index (χ2n) is 7.53. The SMILES string of the molecule is C=CC1=CC[C@@]2(Cl)C(=O)N(c3ccc(F)cc3)C(=O)[C@@]2(Cl)[C@H]1c1cc(Cl)c(O)c(OC)c1. The van der Waals surface area contributed by atoms with Crippen LogP contribution in [0.15, 0.2) is 60.7 Å². The van der Waals surface area contributed by atoms with E-state index in [2.05, 4.69) is 6.58 Å². The first-order valence-corrected chi connectivity index (χ1v) is 10.6. The van der Waals surface area contributed by atoms with E-state index in [0.717, 1.165) is 17.0 Å². The molecule has 32 heavy (non-hydrogen) atoms. The number of aromatic hydroxyl groups is 1. The van der Waals surface area contributed by atoms with Gasteiger partial charge in [0.25, 0.3) is 11.8 Å². The standard InChI is InChI=1S/C23H17Cl3FNO4/c1-3-12-8-9-22(25)20(30)28(15-6-4-14(27)5-7-15)21(31)23(22,26)18(12)13-10-16(24)19(29)17(11-13)32-2/h3-8,10-11,18,29H,1,9H2,2H3/t18-,22-,23+/m1/s1. The largest absolute Gasteiger partial charge is 0.503 e. The van der Waals surface area contributed by atoms with Crippen LogP contribution in [0.3, 0.4) is 0 Å². The van der Waals surface area contributed by atoms with Gasteiger partial charge < -0.3 is 9.84 Å². The fourth-order valence-corrected chi connectivity index (χ4v) is 5.38. The number of allylic oxidation sites excluding steroid dienone is 3. The second kappa shape index (κ2) is 7.80. The second-order valence-corrected chi connectivity index (χ2v) is 9.18. The number of hydrogen-bond acceptors (Lipinski definition) is 4. The summed E-state index contributed by atoms with van der Waals surface area (Å²) in [6, 6.07) is 7.80. The summed E-state index contributed by atoms with van der Waals surface area (Å²) in [4.78, 5) is 24.3. The topological polar surface area (TPSA) is 66.8 Å². The van der Waals surface area contributed by atoms with Gasteiger partial charge >= 0.3 is 0 Å². The van der Waals surface area contributed by atoms with Crippen molar-refractivity contribution in [3.8, 4) is 11.5 Å². The zero-order chi connectivity index (χ0) is 23.4. The average molecular weight is 497 g/mol. The zero-order valence-corrected chi connectivity index (χ0v) is 19.0. The number of anilines is 1. The van der Waals surface area contributed by atoms with Crippen LogP contribution in [0.5, 0.6) is 11.5 Å². The number of hydrogen-bond donors (Lipinski definition) is 1. The number of phenolic OH excluding ortho intramolecular Hbond substituents is 1. The molecule has 2 aromatic carbocycles. The molecule has 0 bridgehead atoms. The highest BCUT2D eigenvalue weighted by Gasteiger charge is 2.73. The molecule has 2 aliphatic rings. The van der Waals surface area contributed by atoms with Crippen molar-refractivity contribution in [3.63, 3.8) is 0 Å². The van der Waals surface area contributed by atoms with Gasteiger partial charge in [0.1, 0.15) is 5.82 Å². The minimum Gasteiger partial charge on any atom is -0.503 e. The Balaban J connectivity index is 1.94. The van der Waals surface area contributed by atoms with Crippen LogP contribution in [0, 0.1) is 5.82 Å². The number of benzene rings is 2. The highest BCUT2D eigenvalue weighted by atomic mass is 35.5. The third kappa shape index (κ3) is 2.97. The number of nitrogens with zero attached hydrogens (tertiary/aromatic N) is 1. The van der Waals surface area contributed by atoms with Gasteiger partial charge in [0.15, 0.2) is 21.2 Å². The molecule has 1 fully saturated rings. The number of carbonyl (C=O) groups is 2. The fourth-order valence-electron chi connectivity index (χ4n) is 4.32. The Morgan fingerprint density at radius 1 is 1.22 bits per heavy atom. The van der Waals surface area contributed by atoms with Gasteiger partial charge in [-0.05, 0) is 54.0 Å². The van der Waals surface area contributed by atoms with Gasteiger partial charge in [0.05, 0.1) is 17.8 Å². The summed E-state index contributed by atoms with van der Waals surface area (Å²) in [7, 11) is 1.35. The van der Waals surface area contributed by atoms with Crippen molar-refractivity contribution in [3.05, 3.63) is 77.1 Å². The summed E-state index contributed by atoms with van der Waals surface area (Å²) in [6.07, 6.45) is 3.19. The molecule has 1 aliphatic heterocycles. The molecule has 166 valence electrons. The number of imide groups is 1. The smallest absolute Gasteiger partial charge is 0.258 e. The Morgan fingerprint density at radius 2 is 1.88 bits per heavy atom. The normalized spacial score (nSPS) is 27.2. The minimum atomic E-state index is -1.95. The van der Waals surface area contributed by atoms with Crippen molar-refractivity contribution in [1.82, 2.24) is 0 Å². The predicted molar refractivity (Wildman–Crippen MR) is 121 cm³/mol. The first-order valence-electron chi connectivity index (χ1n) is 9.51. The lowest BCUT2D eigenvalue weighted by atomic mass is 9.68. The molecule has 0 radical (unpaired) electrons. The molecule has 1 heterocycles. The van der Waals surface area contributed by atoms with Crippen LogP contribution in [0.1, 0.15) is 17.9 Å². The Bertz CT molecular complexity index is 1180. The number of rotatable bonds is 4. The Morgan fingerprint density at radius 3 is 2.47 bits per heavy atom. The highest BCUT2D eigenvalue weighted by Crippen LogP contribution is 2.60. The number of amides is 2. The Hall–Kier alpha value is -2.54. The number of carbonyl (C=O) groups excluding carboxylic acids is 2. The number of fused-ring (bicyclic) bond motifs is 1. The van der Waals surface area contributed by atoms with E-state index < -0.39 is 33.3 Å². The van der Waals surface area contributed by atoms with Crippen molar-refractivity contribution in [2.24, 2.45) is 0 Å². The summed E-state index contributed by atoms with van der Waals surface area (Å²) in [6.45, 7) is 3.81. The first kappa shape index (κ1) is 22.6. The average Bonchev–Trinajstić information content (AvgIpc) is 2.93. The van der Waals surface area contributed by atoms with Crippen molar-refractivity contribution in [1.29, 1.82) is 0 Å². The van der Waals surface area contributed by atoms with Crippen LogP contribution < -0.4 is 9.64 Å². The zero-order valence-electron chi connectivity index (χ0n) is 16.7. The first-order chi connectivity index (χ1) is 15.1. The molecule has 1 aliphatic carbocycles. The molecule has 5 nitrogen and oxygen atoms in total. The van der Waals surface area contributed by atoms with E-state index in [4.69, 9.17) is 39.5 Å². The van der Waals surface area contributed by atoms with Crippen molar-refractivity contribution >= 4 is 52.3 Å². The van der Waals surface area contributed by atoms with E-state index in [1.54, 1.807) is 6.08 Å². The maximum atomic E-state index is 13.7. The highest BCUT2D eigenvalue weighted by molar-refractivity contribution is 6.58. The molecule has 0 saturated carbocycles. The van der Waals surface area contributed by atoms with Gasteiger partial charge in [-0.3, -0.25) is 9.59 Å². The van der Waals surface area contributed by atoms with Crippen LogP contribution in [-0.4, -0.2) is 33.8 Å². The van der Waals surface area contributed by atoms with Gasteiger partial charge in [0.2, 0.25) is 0 Å². The lowest BCUT2D eigenvalue weighted by molar-refractivity contribution is -0.122. The molecule has 4 rings (SSSR count). The molecule has 0 aromatic heterocycles. The molecular formula is C23H17Cl3FNO4. The molecule has 1 saturated heterocycles. The predicted octanol–water partition coefficient (Wildman–Crippen LogP) is 5.32. The van der Waals surface area contributed by atoms with Crippen LogP contribution in [-0.2, 0) is 9.59 Å². The quantitative estimate of drug-likeness (QED) is 0.459. The van der Waals surface area contributed by atoms with Crippen LogP contribution in [0.25, 0.3) is 0 Å². The van der Waals surface area contributed by atoms with Crippen LogP contribution in [0.2, 0.25) is 5.02 Å². The molecule has 0 unspecified atom stereocenters. The summed E-state index contributed by atoms with van der Waals surface area (Å²) in [5, 5.41) is 10.1. The Kier molecular flexibility index (Phi) is 5.52. The molecule has 3 atom stereocenters. The fraction of sp³-hybridized carbons (Fsp3) is 0.217. The summed E-state index contributed by atoms with van der Waals surface area (Å²) >= 11 is 20.1. The monoisotopic (exact) mass is 495 g/mol. The lowest BCUT2D eigenvalue weighted by Crippen LogP contribution is -2.54. The number of methoxy groups -OCH3 is 1. The van der Waals surface area contributed by atoms with Gasteiger partial charge in [-0.1, -0.05) is 30.3 Å². The lowest BCUT2D eigenvalue weighted by Gasteiger charge is -2.42. The molecule has 2 amide bonds. The van der Waals surface area contributed by atoms with Crippen molar-refractivity contribution in [2.45, 2.75) is 22.1 Å². The third-order valence-electron chi connectivity index (χ3n) is 5.91. The summed E-state index contributed by atoms with van der Waals surface area (Å²) < 4.78 is 18.6. The summed E-state index contributed by atoms with van der Waals surface area (Å²) in [5.74, 6) is -3.15. The number of halogens is 4. The van der Waals surface area contributed by atoms with E-state index >= 15 is 0 Å². The van der Waals surface area contributed by atoms with E-state index in [0.29, 0.717) is 11.1 Å². The van der Waals surface area contributed by atoms with Crippen molar-refractivity contribution in [2.75, 3.05) is 12.0 Å². The van der Waals surface area contributed by atoms with Gasteiger partial charge in [-0.25, -0.2) is 9.29 Å². The third-order valence-corrected chi connectivity index (χ3v) is 7.61. The maximum absolute atomic E-state index is 13.7. The van der Waals surface area contributed by atoms with Gasteiger partial charge in [0, 0.05) is 5.92 Å². The Labute approximate surface area is 198 Å². The molecule has 9 heteroatoms.